The lowest BCUT2D eigenvalue weighted by Crippen LogP contribution is -2.25. The maximum atomic E-state index is 12.0. The lowest BCUT2D eigenvalue weighted by molar-refractivity contribution is 0.0944. The number of hydrogen-bond donors (Lipinski definition) is 1. The number of nitrogens with zero attached hydrogens (tertiary/aromatic N) is 4. The fraction of sp³-hybridized carbons (Fsp3) is 0.429. The van der Waals surface area contributed by atoms with Crippen molar-refractivity contribution in [2.45, 2.75) is 31.7 Å². The molecule has 2 aromatic heterocycles. The highest BCUT2D eigenvalue weighted by atomic mass is 35.5. The molecule has 0 aromatic carbocycles. The van der Waals surface area contributed by atoms with Crippen molar-refractivity contribution < 1.29 is 4.79 Å². The van der Waals surface area contributed by atoms with Crippen LogP contribution in [-0.4, -0.2) is 25.7 Å². The van der Waals surface area contributed by atoms with Crippen molar-refractivity contribution in [2.24, 2.45) is 7.05 Å². The molecule has 0 radical (unpaired) electrons. The minimum Gasteiger partial charge on any atom is -0.343 e. The third kappa shape index (κ3) is 2.90. The summed E-state index contributed by atoms with van der Waals surface area (Å²) >= 11 is 5.85. The van der Waals surface area contributed by atoms with Crippen LogP contribution in [0.4, 0.5) is 0 Å². The summed E-state index contributed by atoms with van der Waals surface area (Å²) in [5.41, 5.74) is 0.295. The molecule has 0 aliphatic heterocycles. The van der Waals surface area contributed by atoms with Gasteiger partial charge in [-0.2, -0.15) is 0 Å². The van der Waals surface area contributed by atoms with Gasteiger partial charge in [-0.3, -0.25) is 9.78 Å². The van der Waals surface area contributed by atoms with Crippen LogP contribution in [0.5, 0.6) is 0 Å². The van der Waals surface area contributed by atoms with Crippen LogP contribution in [0.3, 0.4) is 0 Å². The maximum absolute atomic E-state index is 12.0. The van der Waals surface area contributed by atoms with Crippen molar-refractivity contribution in [1.82, 2.24) is 25.1 Å². The molecule has 2 heterocycles. The van der Waals surface area contributed by atoms with Crippen molar-refractivity contribution >= 4 is 17.5 Å². The predicted octanol–water partition coefficient (Wildman–Crippen LogP) is 2.06. The van der Waals surface area contributed by atoms with Crippen LogP contribution >= 0.6 is 11.6 Å². The number of aromatic nitrogens is 4. The number of hydrogen-bond acceptors (Lipinski definition) is 4. The van der Waals surface area contributed by atoms with Gasteiger partial charge in [-0.05, 0) is 25.0 Å². The quantitative estimate of drug-likeness (QED) is 0.938. The van der Waals surface area contributed by atoms with Crippen molar-refractivity contribution in [1.29, 1.82) is 0 Å². The van der Waals surface area contributed by atoms with Crippen LogP contribution in [0.25, 0.3) is 0 Å². The standard InChI is InChI=1S/C14H16ClN5O/c1-20-12(18-19-13(20)9-3-2-4-9)8-17-14(21)11-7-10(15)5-6-16-11/h5-7,9H,2-4,8H2,1H3,(H,17,21). The highest BCUT2D eigenvalue weighted by Gasteiger charge is 2.25. The SMILES string of the molecule is Cn1c(CNC(=O)c2cc(Cl)ccn2)nnc1C1CCC1. The van der Waals surface area contributed by atoms with E-state index in [4.69, 9.17) is 11.6 Å². The zero-order valence-electron chi connectivity index (χ0n) is 11.7. The minimum atomic E-state index is -0.273. The summed E-state index contributed by atoms with van der Waals surface area (Å²) in [4.78, 5) is 16.0. The molecule has 1 amide bonds. The summed E-state index contributed by atoms with van der Waals surface area (Å²) in [7, 11) is 1.94. The molecular formula is C14H16ClN5O. The highest BCUT2D eigenvalue weighted by molar-refractivity contribution is 6.30. The second-order valence-corrected chi connectivity index (χ2v) is 5.64. The van der Waals surface area contributed by atoms with Gasteiger partial charge in [0.1, 0.15) is 11.5 Å². The Kier molecular flexibility index (Phi) is 3.88. The normalized spacial score (nSPS) is 14.8. The Balaban J connectivity index is 1.65. The second-order valence-electron chi connectivity index (χ2n) is 5.20. The molecule has 3 rings (SSSR count). The molecule has 0 saturated heterocycles. The van der Waals surface area contributed by atoms with Gasteiger partial charge in [0.25, 0.3) is 5.91 Å². The fourth-order valence-corrected chi connectivity index (χ4v) is 2.49. The van der Waals surface area contributed by atoms with E-state index < -0.39 is 0 Å². The summed E-state index contributed by atoms with van der Waals surface area (Å²) in [6.45, 7) is 0.323. The molecule has 1 aliphatic rings. The second kappa shape index (κ2) is 5.81. The van der Waals surface area contributed by atoms with Gasteiger partial charge >= 0.3 is 0 Å². The third-order valence-electron chi connectivity index (χ3n) is 3.83. The van der Waals surface area contributed by atoms with Gasteiger partial charge < -0.3 is 9.88 Å². The Morgan fingerprint density at radius 2 is 2.29 bits per heavy atom. The number of pyridine rings is 1. The third-order valence-corrected chi connectivity index (χ3v) is 4.07. The van der Waals surface area contributed by atoms with Crippen LogP contribution in [0.2, 0.25) is 5.02 Å². The fourth-order valence-electron chi connectivity index (χ4n) is 2.33. The molecule has 1 N–H and O–H groups in total. The number of nitrogens with one attached hydrogen (secondary N) is 1. The summed E-state index contributed by atoms with van der Waals surface area (Å²) in [5, 5.41) is 11.7. The molecule has 1 fully saturated rings. The van der Waals surface area contributed by atoms with E-state index in [9.17, 15) is 4.79 Å². The average Bonchev–Trinajstić information content (AvgIpc) is 2.76. The zero-order valence-corrected chi connectivity index (χ0v) is 12.5. The Morgan fingerprint density at radius 3 is 2.95 bits per heavy atom. The molecule has 7 heteroatoms. The van der Waals surface area contributed by atoms with Crippen LogP contribution in [0, 0.1) is 0 Å². The first-order valence-electron chi connectivity index (χ1n) is 6.93. The molecule has 0 spiro atoms. The number of rotatable bonds is 4. The summed E-state index contributed by atoms with van der Waals surface area (Å²) in [5.74, 6) is 1.99. The zero-order chi connectivity index (χ0) is 14.8. The van der Waals surface area contributed by atoms with Crippen molar-refractivity contribution in [3.8, 4) is 0 Å². The topological polar surface area (TPSA) is 72.7 Å². The molecule has 0 unspecified atom stereocenters. The van der Waals surface area contributed by atoms with E-state index in [1.807, 2.05) is 11.6 Å². The van der Waals surface area contributed by atoms with Gasteiger partial charge in [0.05, 0.1) is 6.54 Å². The smallest absolute Gasteiger partial charge is 0.270 e. The summed E-state index contributed by atoms with van der Waals surface area (Å²) in [6, 6.07) is 3.17. The van der Waals surface area contributed by atoms with Crippen LogP contribution in [-0.2, 0) is 13.6 Å². The molecule has 0 atom stereocenters. The van der Waals surface area contributed by atoms with E-state index in [1.165, 1.54) is 31.5 Å². The molecule has 21 heavy (non-hydrogen) atoms. The van der Waals surface area contributed by atoms with E-state index in [0.29, 0.717) is 23.2 Å². The first-order chi connectivity index (χ1) is 10.1. The monoisotopic (exact) mass is 305 g/mol. The van der Waals surface area contributed by atoms with E-state index in [0.717, 1.165) is 11.6 Å². The molecule has 110 valence electrons. The van der Waals surface area contributed by atoms with E-state index in [2.05, 4.69) is 20.5 Å². The van der Waals surface area contributed by atoms with Gasteiger partial charge in [0, 0.05) is 24.2 Å². The van der Waals surface area contributed by atoms with Gasteiger partial charge in [-0.15, -0.1) is 10.2 Å². The van der Waals surface area contributed by atoms with Gasteiger partial charge in [0.15, 0.2) is 5.82 Å². The van der Waals surface area contributed by atoms with Gasteiger partial charge in [-0.25, -0.2) is 0 Å². The Labute approximate surface area is 127 Å². The molecule has 1 saturated carbocycles. The minimum absolute atomic E-state index is 0.273. The van der Waals surface area contributed by atoms with Gasteiger partial charge in [0.2, 0.25) is 0 Å². The molecule has 1 aliphatic carbocycles. The van der Waals surface area contributed by atoms with Gasteiger partial charge in [-0.1, -0.05) is 18.0 Å². The number of carbonyl (C=O) groups excluding carboxylic acids is 1. The number of carbonyl (C=O) groups is 1. The van der Waals surface area contributed by atoms with Crippen molar-refractivity contribution in [2.75, 3.05) is 0 Å². The number of halogens is 1. The van der Waals surface area contributed by atoms with E-state index in [1.54, 1.807) is 6.07 Å². The average molecular weight is 306 g/mol. The first-order valence-corrected chi connectivity index (χ1v) is 7.31. The Bertz CT molecular complexity index is 665. The maximum Gasteiger partial charge on any atom is 0.270 e. The van der Waals surface area contributed by atoms with Crippen LogP contribution in [0.15, 0.2) is 18.3 Å². The van der Waals surface area contributed by atoms with E-state index >= 15 is 0 Å². The Morgan fingerprint density at radius 1 is 1.48 bits per heavy atom. The van der Waals surface area contributed by atoms with Crippen molar-refractivity contribution in [3.63, 3.8) is 0 Å². The molecule has 0 bridgehead atoms. The van der Waals surface area contributed by atoms with Crippen LogP contribution in [0.1, 0.15) is 47.3 Å². The van der Waals surface area contributed by atoms with E-state index in [-0.39, 0.29) is 5.91 Å². The van der Waals surface area contributed by atoms with Crippen molar-refractivity contribution in [3.05, 3.63) is 40.7 Å². The molecular weight excluding hydrogens is 290 g/mol. The Hall–Kier alpha value is -1.95. The first kappa shape index (κ1) is 14.0. The molecule has 6 nitrogen and oxygen atoms in total. The lowest BCUT2D eigenvalue weighted by atomic mass is 9.85. The highest BCUT2D eigenvalue weighted by Crippen LogP contribution is 2.34. The number of amides is 1. The molecule has 2 aromatic rings. The summed E-state index contributed by atoms with van der Waals surface area (Å²) in [6.07, 6.45) is 5.10. The van der Waals surface area contributed by atoms with Crippen LogP contribution < -0.4 is 5.32 Å². The lowest BCUT2D eigenvalue weighted by Gasteiger charge is -2.24. The largest absolute Gasteiger partial charge is 0.343 e. The predicted molar refractivity (Wildman–Crippen MR) is 78.0 cm³/mol. The summed E-state index contributed by atoms with van der Waals surface area (Å²) < 4.78 is 1.97.